The lowest BCUT2D eigenvalue weighted by molar-refractivity contribution is -0.386. The van der Waals surface area contributed by atoms with E-state index in [4.69, 9.17) is 5.11 Å². The summed E-state index contributed by atoms with van der Waals surface area (Å²) in [6.45, 7) is 3.59. The van der Waals surface area contributed by atoms with E-state index in [1.54, 1.807) is 7.05 Å². The monoisotopic (exact) mass is 372 g/mol. The van der Waals surface area contributed by atoms with E-state index in [1.165, 1.54) is 22.6 Å². The summed E-state index contributed by atoms with van der Waals surface area (Å²) >= 11 is 0. The highest BCUT2D eigenvalue weighted by atomic mass is 16.6. The molecule has 0 aliphatic heterocycles. The summed E-state index contributed by atoms with van der Waals surface area (Å²) < 4.78 is 6.80. The highest BCUT2D eigenvalue weighted by Gasteiger charge is 2.25. The van der Waals surface area contributed by atoms with E-state index < -0.39 is 22.4 Å². The molecule has 2 aromatic rings. The Balaban J connectivity index is 0.000000444. The van der Waals surface area contributed by atoms with Crippen molar-refractivity contribution in [3.05, 3.63) is 44.0 Å². The Labute approximate surface area is 148 Å². The number of rotatable bonds is 4. The highest BCUT2D eigenvalue weighted by molar-refractivity contribution is 5.91. The van der Waals surface area contributed by atoms with Crippen molar-refractivity contribution in [3.63, 3.8) is 0 Å². The van der Waals surface area contributed by atoms with E-state index in [1.807, 2.05) is 13.8 Å². The van der Waals surface area contributed by atoms with Crippen LogP contribution in [-0.4, -0.2) is 47.6 Å². The molecule has 2 aromatic heterocycles. The van der Waals surface area contributed by atoms with Gasteiger partial charge in [-0.25, -0.2) is 4.79 Å². The van der Waals surface area contributed by atoms with Crippen LogP contribution in [0.5, 0.6) is 0 Å². The van der Waals surface area contributed by atoms with E-state index in [9.17, 15) is 25.0 Å². The molecule has 0 radical (unpaired) electrons. The standard InChI is InChI=1S/C6H7N3O4.C5H7N3O3.C2H6/c1-8-3-4(9(11)12)5(7-8)6(10)13-2;1-7-2-5(8(10)11)4(3-9)6-7;1-2/h3H,1-2H3;2,9H,3H2,1H3;1-2H3. The summed E-state index contributed by atoms with van der Waals surface area (Å²) in [4.78, 5) is 30.3. The molecule has 0 amide bonds. The second kappa shape index (κ2) is 10.5. The minimum absolute atomic E-state index is 0.0949. The van der Waals surface area contributed by atoms with Gasteiger partial charge in [-0.15, -0.1) is 0 Å². The Morgan fingerprint density at radius 3 is 1.96 bits per heavy atom. The van der Waals surface area contributed by atoms with Gasteiger partial charge < -0.3 is 9.84 Å². The average molecular weight is 372 g/mol. The zero-order valence-electron chi connectivity index (χ0n) is 14.9. The molecule has 0 spiro atoms. The van der Waals surface area contributed by atoms with Gasteiger partial charge in [0.05, 0.1) is 23.6 Å². The molecule has 0 atom stereocenters. The van der Waals surface area contributed by atoms with Gasteiger partial charge in [-0.1, -0.05) is 13.8 Å². The summed E-state index contributed by atoms with van der Waals surface area (Å²) in [5.74, 6) is -0.813. The number of aromatic nitrogens is 4. The number of esters is 1. The van der Waals surface area contributed by atoms with E-state index in [-0.39, 0.29) is 22.8 Å². The molecule has 144 valence electrons. The van der Waals surface area contributed by atoms with Gasteiger partial charge in [0.1, 0.15) is 12.4 Å². The van der Waals surface area contributed by atoms with Crippen molar-refractivity contribution >= 4 is 17.3 Å². The minimum atomic E-state index is -0.813. The molecule has 13 heteroatoms. The zero-order chi connectivity index (χ0) is 20.4. The van der Waals surface area contributed by atoms with E-state index >= 15 is 0 Å². The Kier molecular flexibility index (Phi) is 9.15. The maximum Gasteiger partial charge on any atom is 0.365 e. The van der Waals surface area contributed by atoms with Crippen molar-refractivity contribution in [1.82, 2.24) is 19.6 Å². The molecule has 2 rings (SSSR count). The predicted octanol–water partition coefficient (Wildman–Crippen LogP) is 0.962. The lowest BCUT2D eigenvalue weighted by Gasteiger charge is -1.92. The van der Waals surface area contributed by atoms with Gasteiger partial charge >= 0.3 is 17.3 Å². The summed E-state index contributed by atoms with van der Waals surface area (Å²) in [6.07, 6.45) is 2.40. The fraction of sp³-hybridized carbons (Fsp3) is 0.462. The second-order valence-electron chi connectivity index (χ2n) is 4.34. The number of carbonyl (C=O) groups excluding carboxylic acids is 1. The summed E-state index contributed by atoms with van der Waals surface area (Å²) in [5, 5.41) is 36.5. The third kappa shape index (κ3) is 5.94. The average Bonchev–Trinajstić information content (AvgIpc) is 3.19. The molecule has 26 heavy (non-hydrogen) atoms. The van der Waals surface area contributed by atoms with Crippen LogP contribution in [0, 0.1) is 20.2 Å². The Bertz CT molecular complexity index is 767. The number of carbonyl (C=O) groups is 1. The van der Waals surface area contributed by atoms with E-state index in [0.29, 0.717) is 0 Å². The van der Waals surface area contributed by atoms with Gasteiger partial charge in [0.2, 0.25) is 5.69 Å². The van der Waals surface area contributed by atoms with Crippen LogP contribution in [0.25, 0.3) is 0 Å². The quantitative estimate of drug-likeness (QED) is 0.466. The number of hydrogen-bond donors (Lipinski definition) is 1. The summed E-state index contributed by atoms with van der Waals surface area (Å²) in [6, 6.07) is 0. The van der Waals surface area contributed by atoms with Crippen LogP contribution in [0.1, 0.15) is 30.0 Å². The number of aryl methyl sites for hydroxylation is 2. The lowest BCUT2D eigenvalue weighted by Crippen LogP contribution is -2.05. The number of aliphatic hydroxyl groups excluding tert-OH is 1. The fourth-order valence-electron chi connectivity index (χ4n) is 1.64. The first-order valence-corrected chi connectivity index (χ1v) is 7.25. The summed E-state index contributed by atoms with van der Waals surface area (Å²) in [7, 11) is 4.19. The molecule has 0 aliphatic rings. The number of methoxy groups -OCH3 is 1. The number of aliphatic hydroxyl groups is 1. The van der Waals surface area contributed by atoms with Gasteiger partial charge in [0.25, 0.3) is 0 Å². The van der Waals surface area contributed by atoms with E-state index in [0.717, 1.165) is 13.3 Å². The molecule has 0 unspecified atom stereocenters. The van der Waals surface area contributed by atoms with Crippen LogP contribution < -0.4 is 0 Å². The summed E-state index contributed by atoms with van der Waals surface area (Å²) in [5.41, 5.74) is -0.683. The van der Waals surface area contributed by atoms with Crippen LogP contribution >= 0.6 is 0 Å². The predicted molar refractivity (Wildman–Crippen MR) is 88.3 cm³/mol. The van der Waals surface area contributed by atoms with Crippen molar-refractivity contribution < 1.29 is 24.5 Å². The molecule has 1 N–H and O–H groups in total. The van der Waals surface area contributed by atoms with Crippen LogP contribution in [0.3, 0.4) is 0 Å². The van der Waals surface area contributed by atoms with Crippen molar-refractivity contribution in [1.29, 1.82) is 0 Å². The normalized spacial score (nSPS) is 9.31. The van der Waals surface area contributed by atoms with Gasteiger partial charge in [-0.05, 0) is 0 Å². The van der Waals surface area contributed by atoms with E-state index in [2.05, 4.69) is 14.9 Å². The number of hydrogen-bond acceptors (Lipinski definition) is 9. The molecule has 0 aromatic carbocycles. The van der Waals surface area contributed by atoms with Crippen molar-refractivity contribution in [2.75, 3.05) is 7.11 Å². The molecular formula is C13H20N6O7. The molecule has 0 aliphatic carbocycles. The third-order valence-electron chi connectivity index (χ3n) is 2.61. The molecule has 0 bridgehead atoms. The maximum atomic E-state index is 10.9. The number of nitro groups is 2. The van der Waals surface area contributed by atoms with Crippen LogP contribution in [-0.2, 0) is 25.4 Å². The van der Waals surface area contributed by atoms with Crippen molar-refractivity contribution in [3.8, 4) is 0 Å². The minimum Gasteiger partial charge on any atom is -0.464 e. The second-order valence-corrected chi connectivity index (χ2v) is 4.34. The third-order valence-corrected chi connectivity index (χ3v) is 2.61. The first-order valence-electron chi connectivity index (χ1n) is 7.25. The SMILES string of the molecule is CC.COC(=O)c1nn(C)cc1[N+](=O)[O-].Cn1cc([N+](=O)[O-])c(CO)n1. The van der Waals surface area contributed by atoms with Gasteiger partial charge in [0.15, 0.2) is 5.69 Å². The maximum absolute atomic E-state index is 10.9. The molecule has 0 saturated carbocycles. The van der Waals surface area contributed by atoms with Crippen molar-refractivity contribution in [2.45, 2.75) is 20.5 Å². The Morgan fingerprint density at radius 2 is 1.58 bits per heavy atom. The van der Waals surface area contributed by atoms with Gasteiger partial charge in [0, 0.05) is 14.1 Å². The highest BCUT2D eigenvalue weighted by Crippen LogP contribution is 2.16. The molecular weight excluding hydrogens is 352 g/mol. The molecule has 13 nitrogen and oxygen atoms in total. The number of ether oxygens (including phenoxy) is 1. The van der Waals surface area contributed by atoms with Gasteiger partial charge in [-0.2, -0.15) is 10.2 Å². The lowest BCUT2D eigenvalue weighted by atomic mass is 10.4. The molecule has 0 saturated heterocycles. The topological polar surface area (TPSA) is 168 Å². The zero-order valence-corrected chi connectivity index (χ0v) is 14.9. The van der Waals surface area contributed by atoms with Crippen LogP contribution in [0.2, 0.25) is 0 Å². The Hall–Kier alpha value is -3.35. The number of nitrogens with zero attached hydrogens (tertiary/aromatic N) is 6. The molecule has 2 heterocycles. The largest absolute Gasteiger partial charge is 0.464 e. The van der Waals surface area contributed by atoms with Gasteiger partial charge in [-0.3, -0.25) is 29.6 Å². The smallest absolute Gasteiger partial charge is 0.365 e. The van der Waals surface area contributed by atoms with Crippen LogP contribution in [0.4, 0.5) is 11.4 Å². The van der Waals surface area contributed by atoms with Crippen LogP contribution in [0.15, 0.2) is 12.4 Å². The van der Waals surface area contributed by atoms with Crippen molar-refractivity contribution in [2.24, 2.45) is 14.1 Å². The first-order chi connectivity index (χ1) is 12.2. The fourth-order valence-corrected chi connectivity index (χ4v) is 1.64. The Morgan fingerprint density at radius 1 is 1.12 bits per heavy atom. The first kappa shape index (κ1) is 22.6. The molecule has 0 fully saturated rings.